The van der Waals surface area contributed by atoms with E-state index < -0.39 is 10.0 Å². The van der Waals surface area contributed by atoms with E-state index >= 15 is 0 Å². The van der Waals surface area contributed by atoms with E-state index in [1.165, 1.54) is 12.1 Å². The molecule has 0 bridgehead atoms. The van der Waals surface area contributed by atoms with E-state index in [1.807, 2.05) is 19.1 Å². The van der Waals surface area contributed by atoms with Gasteiger partial charge in [0.2, 0.25) is 10.0 Å². The number of carbonyl (C=O) groups excluding carboxylic acids is 1. The molecule has 9 heteroatoms. The number of sulfonamides is 1. The van der Waals surface area contributed by atoms with Crippen LogP contribution in [0.1, 0.15) is 35.7 Å². The molecule has 1 amide bonds. The van der Waals surface area contributed by atoms with E-state index in [-0.39, 0.29) is 23.5 Å². The lowest BCUT2D eigenvalue weighted by Crippen LogP contribution is -2.46. The van der Waals surface area contributed by atoms with Gasteiger partial charge in [0.05, 0.1) is 11.0 Å². The van der Waals surface area contributed by atoms with Crippen molar-refractivity contribution in [2.45, 2.75) is 37.7 Å². The fraction of sp³-hybridized carbons (Fsp3) is 0.480. The Morgan fingerprint density at radius 2 is 1.91 bits per heavy atom. The lowest BCUT2D eigenvalue weighted by atomic mass is 10.1. The molecule has 1 unspecified atom stereocenters. The van der Waals surface area contributed by atoms with Gasteiger partial charge in [0.25, 0.3) is 5.91 Å². The van der Waals surface area contributed by atoms with Gasteiger partial charge in [-0.15, -0.1) is 0 Å². The number of nitrogens with zero attached hydrogens (tertiary/aromatic N) is 2. The van der Waals surface area contributed by atoms with Crippen molar-refractivity contribution in [3.63, 3.8) is 0 Å². The Labute approximate surface area is 202 Å². The van der Waals surface area contributed by atoms with Crippen LogP contribution in [0.15, 0.2) is 47.4 Å². The summed E-state index contributed by atoms with van der Waals surface area (Å²) in [6.07, 6.45) is 1.69. The highest BCUT2D eigenvalue weighted by molar-refractivity contribution is 7.89. The predicted octanol–water partition coefficient (Wildman–Crippen LogP) is 2.85. The van der Waals surface area contributed by atoms with Gasteiger partial charge in [-0.1, -0.05) is 13.0 Å². The van der Waals surface area contributed by atoms with Crippen LogP contribution in [0, 0.1) is 6.92 Å². The Kier molecular flexibility index (Phi) is 7.88. The van der Waals surface area contributed by atoms with Crippen molar-refractivity contribution < 1.29 is 17.9 Å². The number of nitrogens with one attached hydrogen (secondary N) is 2. The minimum atomic E-state index is -3.73. The third-order valence-corrected chi connectivity index (χ3v) is 8.00. The van der Waals surface area contributed by atoms with Gasteiger partial charge < -0.3 is 19.9 Å². The summed E-state index contributed by atoms with van der Waals surface area (Å²) in [5.74, 6) is -0.344. The quantitative estimate of drug-likeness (QED) is 0.596. The van der Waals surface area contributed by atoms with Gasteiger partial charge in [0.1, 0.15) is 0 Å². The van der Waals surface area contributed by atoms with Crippen LogP contribution in [0.4, 0.5) is 11.4 Å². The zero-order chi connectivity index (χ0) is 24.1. The number of benzene rings is 2. The van der Waals surface area contributed by atoms with Crippen molar-refractivity contribution >= 4 is 27.3 Å². The molecule has 2 fully saturated rings. The molecular formula is C25H34N4O4S. The summed E-state index contributed by atoms with van der Waals surface area (Å²) in [5, 5.41) is 2.93. The van der Waals surface area contributed by atoms with Crippen molar-refractivity contribution in [1.29, 1.82) is 0 Å². The minimum absolute atomic E-state index is 0.0661. The summed E-state index contributed by atoms with van der Waals surface area (Å²) in [6, 6.07) is 12.1. The summed E-state index contributed by atoms with van der Waals surface area (Å²) >= 11 is 0. The second-order valence-corrected chi connectivity index (χ2v) is 10.7. The van der Waals surface area contributed by atoms with E-state index in [1.54, 1.807) is 12.1 Å². The highest BCUT2D eigenvalue weighted by atomic mass is 32.2. The van der Waals surface area contributed by atoms with Crippen molar-refractivity contribution in [2.75, 3.05) is 56.1 Å². The first-order chi connectivity index (χ1) is 16.4. The SMILES string of the molecule is CCN1CCN(c2ccc(NC(=O)c3cccc(S(=O)(=O)NCC4CCCO4)c3)c(C)c2)CC1. The zero-order valence-electron chi connectivity index (χ0n) is 19.9. The summed E-state index contributed by atoms with van der Waals surface area (Å²) in [7, 11) is -3.73. The molecule has 2 N–H and O–H groups in total. The number of rotatable bonds is 8. The van der Waals surface area contributed by atoms with Crippen LogP contribution in [0.5, 0.6) is 0 Å². The number of ether oxygens (including phenoxy) is 1. The third-order valence-electron chi connectivity index (χ3n) is 6.57. The topological polar surface area (TPSA) is 91.0 Å². The summed E-state index contributed by atoms with van der Waals surface area (Å²) < 4.78 is 33.5. The maximum absolute atomic E-state index is 12.9. The lowest BCUT2D eigenvalue weighted by Gasteiger charge is -2.35. The molecule has 0 radical (unpaired) electrons. The van der Waals surface area contributed by atoms with Crippen LogP contribution in [0.25, 0.3) is 0 Å². The molecule has 1 atom stereocenters. The van der Waals surface area contributed by atoms with Crippen molar-refractivity contribution in [3.8, 4) is 0 Å². The number of anilines is 2. The van der Waals surface area contributed by atoms with Crippen molar-refractivity contribution in [3.05, 3.63) is 53.6 Å². The Hall–Kier alpha value is -2.46. The van der Waals surface area contributed by atoms with Crippen LogP contribution >= 0.6 is 0 Å². The van der Waals surface area contributed by atoms with Crippen LogP contribution in [-0.4, -0.2) is 71.2 Å². The number of aryl methyl sites for hydroxylation is 1. The van der Waals surface area contributed by atoms with Crippen LogP contribution in [-0.2, 0) is 14.8 Å². The first kappa shape index (κ1) is 24.7. The van der Waals surface area contributed by atoms with Crippen LogP contribution in [0.3, 0.4) is 0 Å². The molecule has 2 saturated heterocycles. The maximum Gasteiger partial charge on any atom is 0.255 e. The number of hydrogen-bond acceptors (Lipinski definition) is 6. The number of hydrogen-bond donors (Lipinski definition) is 2. The fourth-order valence-corrected chi connectivity index (χ4v) is 5.51. The second kappa shape index (κ2) is 10.9. The highest BCUT2D eigenvalue weighted by Crippen LogP contribution is 2.24. The monoisotopic (exact) mass is 486 g/mol. The fourth-order valence-electron chi connectivity index (χ4n) is 4.40. The number of piperazine rings is 1. The number of amides is 1. The molecule has 2 heterocycles. The molecule has 34 heavy (non-hydrogen) atoms. The molecular weight excluding hydrogens is 452 g/mol. The molecule has 0 aliphatic carbocycles. The summed E-state index contributed by atoms with van der Waals surface area (Å²) in [6.45, 7) is 10.2. The minimum Gasteiger partial charge on any atom is -0.377 e. The maximum atomic E-state index is 12.9. The highest BCUT2D eigenvalue weighted by Gasteiger charge is 2.21. The van der Waals surface area contributed by atoms with Crippen LogP contribution in [0.2, 0.25) is 0 Å². The molecule has 2 aliphatic heterocycles. The van der Waals surface area contributed by atoms with Crippen molar-refractivity contribution in [1.82, 2.24) is 9.62 Å². The van der Waals surface area contributed by atoms with E-state index in [9.17, 15) is 13.2 Å². The Balaban J connectivity index is 1.40. The second-order valence-electron chi connectivity index (χ2n) is 8.89. The van der Waals surface area contributed by atoms with Gasteiger partial charge in [-0.25, -0.2) is 13.1 Å². The number of likely N-dealkylation sites (N-methyl/N-ethyl adjacent to an activating group) is 1. The summed E-state index contributed by atoms with van der Waals surface area (Å²) in [5.41, 5.74) is 3.12. The van der Waals surface area contributed by atoms with E-state index in [0.29, 0.717) is 17.9 Å². The Morgan fingerprint density at radius 1 is 1.12 bits per heavy atom. The van der Waals surface area contributed by atoms with E-state index in [0.717, 1.165) is 56.8 Å². The van der Waals surface area contributed by atoms with Gasteiger partial charge in [0, 0.05) is 56.3 Å². The van der Waals surface area contributed by atoms with Gasteiger partial charge in [-0.05, 0) is 68.3 Å². The van der Waals surface area contributed by atoms with Gasteiger partial charge in [0.15, 0.2) is 0 Å². The molecule has 4 rings (SSSR count). The molecule has 184 valence electrons. The van der Waals surface area contributed by atoms with E-state index in [4.69, 9.17) is 4.74 Å². The molecule has 0 aromatic heterocycles. The van der Waals surface area contributed by atoms with Gasteiger partial charge in [-0.3, -0.25) is 4.79 Å². The first-order valence-corrected chi connectivity index (χ1v) is 13.4. The third kappa shape index (κ3) is 5.96. The normalized spacial score (nSPS) is 19.4. The first-order valence-electron chi connectivity index (χ1n) is 12.0. The lowest BCUT2D eigenvalue weighted by molar-refractivity contribution is 0.102. The molecule has 2 aromatic rings. The van der Waals surface area contributed by atoms with Gasteiger partial charge >= 0.3 is 0 Å². The van der Waals surface area contributed by atoms with Gasteiger partial charge in [-0.2, -0.15) is 0 Å². The summed E-state index contributed by atoms with van der Waals surface area (Å²) in [4.78, 5) is 17.8. The molecule has 0 saturated carbocycles. The molecule has 2 aliphatic rings. The zero-order valence-corrected chi connectivity index (χ0v) is 20.7. The molecule has 0 spiro atoms. The Bertz CT molecular complexity index is 1110. The standard InChI is InChI=1S/C25H34N4O4S/c1-3-28-11-13-29(14-12-28)21-9-10-24(19(2)16-21)27-25(30)20-6-4-8-23(17-20)34(31,32)26-18-22-7-5-15-33-22/h4,6,8-10,16-17,22,26H,3,5,7,11-15,18H2,1-2H3,(H,27,30). The smallest absolute Gasteiger partial charge is 0.255 e. The van der Waals surface area contributed by atoms with Crippen molar-refractivity contribution in [2.24, 2.45) is 0 Å². The Morgan fingerprint density at radius 3 is 2.59 bits per heavy atom. The average Bonchev–Trinajstić information content (AvgIpc) is 3.38. The van der Waals surface area contributed by atoms with Crippen LogP contribution < -0.4 is 14.9 Å². The molecule has 8 nitrogen and oxygen atoms in total. The predicted molar refractivity (Wildman–Crippen MR) is 134 cm³/mol. The van der Waals surface area contributed by atoms with E-state index in [2.05, 4.69) is 32.8 Å². The molecule has 2 aromatic carbocycles. The largest absolute Gasteiger partial charge is 0.377 e. The average molecular weight is 487 g/mol. The number of carbonyl (C=O) groups is 1.